The number of halogens is 2. The van der Waals surface area contributed by atoms with Gasteiger partial charge in [-0.3, -0.25) is 4.79 Å². The summed E-state index contributed by atoms with van der Waals surface area (Å²) >= 11 is 14.4. The van der Waals surface area contributed by atoms with E-state index >= 15 is 0 Å². The molecule has 1 rings (SSSR count). The minimum absolute atomic E-state index is 0.0178. The third-order valence-corrected chi connectivity index (χ3v) is 4.03. The number of hydrogen-bond acceptors (Lipinski definition) is 4. The van der Waals surface area contributed by atoms with Crippen molar-refractivity contribution in [3.8, 4) is 0 Å². The average Bonchev–Trinajstić information content (AvgIpc) is 2.52. The van der Waals surface area contributed by atoms with Gasteiger partial charge in [-0.15, -0.1) is 11.3 Å². The molecule has 0 aliphatic rings. The van der Waals surface area contributed by atoms with Crippen LogP contribution >= 0.6 is 46.3 Å². The summed E-state index contributed by atoms with van der Waals surface area (Å²) in [6.07, 6.45) is 0. The molecule has 0 aromatic carbocycles. The van der Waals surface area contributed by atoms with E-state index in [1.165, 1.54) is 23.1 Å². The molecule has 2 nitrogen and oxygen atoms in total. The number of rotatable bonds is 6. The van der Waals surface area contributed by atoms with Gasteiger partial charge in [-0.25, -0.2) is 0 Å². The normalized spacial score (nSPS) is 10.6. The molecule has 6 heteroatoms. The third-order valence-electron chi connectivity index (χ3n) is 1.62. The molecule has 0 amide bonds. The van der Waals surface area contributed by atoms with Crippen LogP contribution in [0.1, 0.15) is 10.4 Å². The molecule has 0 radical (unpaired) electrons. The number of ketones is 1. The number of thiophene rings is 1. The fraction of sp³-hybridized carbons (Fsp3) is 0.444. The van der Waals surface area contributed by atoms with E-state index in [-0.39, 0.29) is 5.78 Å². The highest BCUT2D eigenvalue weighted by atomic mass is 35.5. The van der Waals surface area contributed by atoms with Gasteiger partial charge in [-0.05, 0) is 6.07 Å². The Morgan fingerprint density at radius 2 is 2.33 bits per heavy atom. The second-order valence-electron chi connectivity index (χ2n) is 2.71. The molecule has 0 fully saturated rings. The van der Waals surface area contributed by atoms with Crippen LogP contribution in [-0.4, -0.2) is 31.0 Å². The molecule has 0 saturated carbocycles. The Morgan fingerprint density at radius 3 is 2.87 bits per heavy atom. The van der Waals surface area contributed by atoms with Crippen LogP contribution in [-0.2, 0) is 4.74 Å². The van der Waals surface area contributed by atoms with E-state index in [1.807, 2.05) is 0 Å². The van der Waals surface area contributed by atoms with Gasteiger partial charge in [0.15, 0.2) is 5.78 Å². The van der Waals surface area contributed by atoms with Crippen molar-refractivity contribution >= 4 is 52.1 Å². The van der Waals surface area contributed by atoms with Gasteiger partial charge in [0.05, 0.1) is 16.7 Å². The predicted molar refractivity (Wildman–Crippen MR) is 67.9 cm³/mol. The van der Waals surface area contributed by atoms with Gasteiger partial charge in [0.1, 0.15) is 4.34 Å². The summed E-state index contributed by atoms with van der Waals surface area (Å²) in [6, 6.07) is 1.62. The molecule has 0 aliphatic carbocycles. The number of carbonyl (C=O) groups is 1. The summed E-state index contributed by atoms with van der Waals surface area (Å²) < 4.78 is 5.90. The second kappa shape index (κ2) is 6.76. The van der Waals surface area contributed by atoms with Gasteiger partial charge >= 0.3 is 0 Å². The van der Waals surface area contributed by atoms with Crippen LogP contribution in [0.4, 0.5) is 0 Å². The Hall–Kier alpha value is 0.260. The maximum Gasteiger partial charge on any atom is 0.175 e. The summed E-state index contributed by atoms with van der Waals surface area (Å²) in [5.41, 5.74) is 0.525. The van der Waals surface area contributed by atoms with Crippen molar-refractivity contribution in [1.29, 1.82) is 0 Å². The number of methoxy groups -OCH3 is 1. The summed E-state index contributed by atoms with van der Waals surface area (Å²) in [7, 11) is 1.64. The number of ether oxygens (including phenoxy) is 1. The highest BCUT2D eigenvalue weighted by molar-refractivity contribution is 8.00. The molecule has 1 aromatic rings. The topological polar surface area (TPSA) is 26.3 Å². The third kappa shape index (κ3) is 4.33. The van der Waals surface area contributed by atoms with Gasteiger partial charge in [0, 0.05) is 18.4 Å². The zero-order valence-corrected chi connectivity index (χ0v) is 11.2. The van der Waals surface area contributed by atoms with Gasteiger partial charge < -0.3 is 4.74 Å². The standard InChI is InChI=1S/C9H10Cl2O2S2/c1-13-2-3-14-5-7(12)6-4-8(10)15-9(6)11/h4H,2-3,5H2,1H3. The van der Waals surface area contributed by atoms with E-state index in [2.05, 4.69) is 0 Å². The fourth-order valence-electron chi connectivity index (χ4n) is 0.915. The van der Waals surface area contributed by atoms with Gasteiger partial charge in [0.25, 0.3) is 0 Å². The van der Waals surface area contributed by atoms with Crippen LogP contribution < -0.4 is 0 Å². The second-order valence-corrected chi connectivity index (χ2v) is 6.10. The van der Waals surface area contributed by atoms with Crippen LogP contribution in [0.5, 0.6) is 0 Å². The van der Waals surface area contributed by atoms with Crippen LogP contribution in [0.2, 0.25) is 8.67 Å². The van der Waals surface area contributed by atoms with Crippen molar-refractivity contribution < 1.29 is 9.53 Å². The molecule has 0 saturated heterocycles. The summed E-state index contributed by atoms with van der Waals surface area (Å²) in [5, 5.41) is 0. The van der Waals surface area contributed by atoms with Crippen molar-refractivity contribution in [1.82, 2.24) is 0 Å². The van der Waals surface area contributed by atoms with Crippen molar-refractivity contribution in [3.63, 3.8) is 0 Å². The molecule has 15 heavy (non-hydrogen) atoms. The van der Waals surface area contributed by atoms with Crippen LogP contribution in [0.3, 0.4) is 0 Å². The Labute approximate surface area is 107 Å². The van der Waals surface area contributed by atoms with Gasteiger partial charge in [0.2, 0.25) is 0 Å². The molecule has 0 N–H and O–H groups in total. The van der Waals surface area contributed by atoms with Crippen molar-refractivity contribution in [2.45, 2.75) is 0 Å². The Bertz CT molecular complexity index is 339. The van der Waals surface area contributed by atoms with Crippen LogP contribution in [0.15, 0.2) is 6.07 Å². The Morgan fingerprint density at radius 1 is 1.60 bits per heavy atom. The average molecular weight is 285 g/mol. The lowest BCUT2D eigenvalue weighted by molar-refractivity contribution is 0.102. The quantitative estimate of drug-likeness (QED) is 0.590. The van der Waals surface area contributed by atoms with Crippen molar-refractivity contribution in [2.24, 2.45) is 0 Å². The zero-order chi connectivity index (χ0) is 11.3. The summed E-state index contributed by atoms with van der Waals surface area (Å²) in [4.78, 5) is 11.6. The molecule has 0 unspecified atom stereocenters. The maximum absolute atomic E-state index is 11.6. The highest BCUT2D eigenvalue weighted by Crippen LogP contribution is 2.31. The zero-order valence-electron chi connectivity index (χ0n) is 8.09. The first-order valence-electron chi connectivity index (χ1n) is 4.20. The molecule has 0 aliphatic heterocycles. The highest BCUT2D eigenvalue weighted by Gasteiger charge is 2.13. The lowest BCUT2D eigenvalue weighted by Gasteiger charge is -1.99. The Balaban J connectivity index is 2.43. The van der Waals surface area contributed by atoms with E-state index in [1.54, 1.807) is 13.2 Å². The molecule has 84 valence electrons. The lowest BCUT2D eigenvalue weighted by Crippen LogP contribution is -2.03. The van der Waals surface area contributed by atoms with Crippen molar-refractivity contribution in [2.75, 3.05) is 25.2 Å². The summed E-state index contributed by atoms with van der Waals surface area (Å²) in [6.45, 7) is 0.649. The predicted octanol–water partition coefficient (Wildman–Crippen LogP) is 3.62. The molecule has 1 heterocycles. The van der Waals surface area contributed by atoms with E-state index in [0.717, 1.165) is 5.75 Å². The number of hydrogen-bond donors (Lipinski definition) is 0. The fourth-order valence-corrected chi connectivity index (χ4v) is 3.18. The van der Waals surface area contributed by atoms with Crippen LogP contribution in [0, 0.1) is 0 Å². The first kappa shape index (κ1) is 13.3. The molecule has 0 spiro atoms. The number of thioether (sulfide) groups is 1. The maximum atomic E-state index is 11.6. The largest absolute Gasteiger partial charge is 0.384 e. The Kier molecular flexibility index (Phi) is 6.00. The van der Waals surface area contributed by atoms with Gasteiger partial charge in [-0.2, -0.15) is 11.8 Å². The molecule has 0 atom stereocenters. The monoisotopic (exact) mass is 284 g/mol. The van der Waals surface area contributed by atoms with Crippen LogP contribution in [0.25, 0.3) is 0 Å². The van der Waals surface area contributed by atoms with Gasteiger partial charge in [-0.1, -0.05) is 23.2 Å². The minimum Gasteiger partial charge on any atom is -0.384 e. The SMILES string of the molecule is COCCSCC(=O)c1cc(Cl)sc1Cl. The minimum atomic E-state index is 0.0178. The van der Waals surface area contributed by atoms with E-state index in [4.69, 9.17) is 27.9 Å². The van der Waals surface area contributed by atoms with E-state index < -0.39 is 0 Å². The molecule has 0 bridgehead atoms. The molecule has 1 aromatic heterocycles. The number of carbonyl (C=O) groups excluding carboxylic acids is 1. The van der Waals surface area contributed by atoms with E-state index in [9.17, 15) is 4.79 Å². The van der Waals surface area contributed by atoms with E-state index in [0.29, 0.717) is 26.6 Å². The lowest BCUT2D eigenvalue weighted by atomic mass is 10.2. The first-order chi connectivity index (χ1) is 7.15. The molecular formula is C9H10Cl2O2S2. The first-order valence-corrected chi connectivity index (χ1v) is 6.92. The smallest absolute Gasteiger partial charge is 0.175 e. The van der Waals surface area contributed by atoms with Crippen molar-refractivity contribution in [3.05, 3.63) is 20.3 Å². The molecular weight excluding hydrogens is 275 g/mol. The summed E-state index contributed by atoms with van der Waals surface area (Å²) in [5.74, 6) is 1.23. The number of Topliss-reactive ketones (excluding diaryl/α,β-unsaturated/α-hetero) is 1.